The van der Waals surface area contributed by atoms with Gasteiger partial charge in [0.2, 0.25) is 0 Å². The molecule has 3 unspecified atom stereocenters. The van der Waals surface area contributed by atoms with Crippen molar-refractivity contribution in [3.63, 3.8) is 0 Å². The minimum atomic E-state index is -0.562. The van der Waals surface area contributed by atoms with Gasteiger partial charge in [-0.15, -0.1) is 0 Å². The molecule has 0 aromatic heterocycles. The van der Waals surface area contributed by atoms with Crippen LogP contribution in [0, 0.1) is 5.92 Å². The summed E-state index contributed by atoms with van der Waals surface area (Å²) in [5, 5.41) is 0. The number of fused-ring (bicyclic) bond motifs is 2. The van der Waals surface area contributed by atoms with Crippen LogP contribution in [0.3, 0.4) is 0 Å². The molecule has 5 nitrogen and oxygen atoms in total. The monoisotopic (exact) mass is 287 g/mol. The first-order chi connectivity index (χ1) is 10.2. The van der Waals surface area contributed by atoms with Crippen molar-refractivity contribution >= 4 is 12.1 Å². The van der Waals surface area contributed by atoms with Gasteiger partial charge in [0.25, 0.3) is 0 Å². The first-order valence-corrected chi connectivity index (χ1v) is 6.96. The molecular weight excluding hydrogens is 270 g/mol. The lowest BCUT2D eigenvalue weighted by Gasteiger charge is -2.29. The van der Waals surface area contributed by atoms with E-state index in [0.29, 0.717) is 0 Å². The number of hydrogen-bond donors (Lipinski definition) is 0. The molecule has 1 aliphatic carbocycles. The Labute approximate surface area is 123 Å². The topological polar surface area (TPSA) is 55.8 Å². The average Bonchev–Trinajstić information content (AvgIpc) is 3.13. The van der Waals surface area contributed by atoms with E-state index in [9.17, 15) is 9.59 Å². The molecule has 2 bridgehead atoms. The fraction of sp³-hybridized carbons (Fsp3) is 0.375. The lowest BCUT2D eigenvalue weighted by Crippen LogP contribution is -2.48. The maximum atomic E-state index is 12.3. The predicted octanol–water partition coefficient (Wildman–Crippen LogP) is 2.13. The quantitative estimate of drug-likeness (QED) is 0.631. The second-order valence-electron chi connectivity index (χ2n) is 5.27. The minimum Gasteiger partial charge on any atom is -0.467 e. The highest BCUT2D eigenvalue weighted by Gasteiger charge is 2.50. The molecule has 1 aromatic carbocycles. The Morgan fingerprint density at radius 3 is 2.71 bits per heavy atom. The highest BCUT2D eigenvalue weighted by molar-refractivity contribution is 5.84. The van der Waals surface area contributed by atoms with E-state index in [1.165, 1.54) is 12.0 Å². The van der Waals surface area contributed by atoms with Crippen LogP contribution in [-0.2, 0) is 20.9 Å². The Balaban J connectivity index is 1.68. The van der Waals surface area contributed by atoms with Crippen LogP contribution in [0.2, 0.25) is 0 Å². The standard InChI is InChI=1S/C16H17NO4/c1-20-15(18)14-12-7-8-13(9-12)17(14)16(19)21-10-11-5-3-2-4-6-11/h2-8,12-14H,9-10H2,1H3. The van der Waals surface area contributed by atoms with Crippen LogP contribution in [-0.4, -0.2) is 36.2 Å². The molecule has 0 N–H and O–H groups in total. The molecule has 1 heterocycles. The van der Waals surface area contributed by atoms with Gasteiger partial charge in [0.15, 0.2) is 0 Å². The van der Waals surface area contributed by atoms with E-state index in [2.05, 4.69) is 0 Å². The van der Waals surface area contributed by atoms with Crippen molar-refractivity contribution in [1.29, 1.82) is 0 Å². The third-order valence-corrected chi connectivity index (χ3v) is 4.02. The number of carbonyl (C=O) groups is 2. The summed E-state index contributed by atoms with van der Waals surface area (Å²) in [6, 6.07) is 8.84. The lowest BCUT2D eigenvalue weighted by molar-refractivity contribution is -0.146. The summed E-state index contributed by atoms with van der Waals surface area (Å²) in [6.07, 6.45) is 4.23. The number of amides is 1. The number of rotatable bonds is 3. The van der Waals surface area contributed by atoms with Crippen LogP contribution in [0.4, 0.5) is 4.79 Å². The van der Waals surface area contributed by atoms with Crippen LogP contribution in [0.15, 0.2) is 42.5 Å². The summed E-state index contributed by atoms with van der Waals surface area (Å²) >= 11 is 0. The maximum Gasteiger partial charge on any atom is 0.411 e. The van der Waals surface area contributed by atoms with E-state index >= 15 is 0 Å². The molecule has 1 aromatic rings. The largest absolute Gasteiger partial charge is 0.467 e. The second-order valence-corrected chi connectivity index (χ2v) is 5.27. The molecule has 3 rings (SSSR count). The van der Waals surface area contributed by atoms with Gasteiger partial charge < -0.3 is 9.47 Å². The molecule has 3 atom stereocenters. The van der Waals surface area contributed by atoms with E-state index < -0.39 is 12.1 Å². The summed E-state index contributed by atoms with van der Waals surface area (Å²) in [6.45, 7) is 0.200. The van der Waals surface area contributed by atoms with Gasteiger partial charge >= 0.3 is 12.1 Å². The van der Waals surface area contributed by atoms with Gasteiger partial charge in [-0.1, -0.05) is 42.5 Å². The van der Waals surface area contributed by atoms with Crippen molar-refractivity contribution in [2.24, 2.45) is 5.92 Å². The van der Waals surface area contributed by atoms with Crippen molar-refractivity contribution in [2.45, 2.75) is 25.1 Å². The van der Waals surface area contributed by atoms with Crippen molar-refractivity contribution in [1.82, 2.24) is 4.90 Å². The number of benzene rings is 1. The average molecular weight is 287 g/mol. The van der Waals surface area contributed by atoms with Crippen LogP contribution >= 0.6 is 0 Å². The zero-order valence-corrected chi connectivity index (χ0v) is 11.8. The molecule has 1 fully saturated rings. The van der Waals surface area contributed by atoms with Gasteiger partial charge in [-0.25, -0.2) is 9.59 Å². The fourth-order valence-corrected chi connectivity index (χ4v) is 3.01. The SMILES string of the molecule is COC(=O)C1C2C=CC(C2)N1C(=O)OCc1ccccc1. The van der Waals surface area contributed by atoms with Gasteiger partial charge in [0, 0.05) is 5.92 Å². The Kier molecular flexibility index (Phi) is 3.64. The number of ether oxygens (including phenoxy) is 2. The van der Waals surface area contributed by atoms with Gasteiger partial charge in [-0.05, 0) is 12.0 Å². The molecule has 1 saturated heterocycles. The third-order valence-electron chi connectivity index (χ3n) is 4.02. The zero-order valence-electron chi connectivity index (χ0n) is 11.8. The number of likely N-dealkylation sites (tertiary alicyclic amines) is 1. The molecule has 110 valence electrons. The van der Waals surface area contributed by atoms with Gasteiger partial charge in [0.1, 0.15) is 12.6 Å². The summed E-state index contributed by atoms with van der Waals surface area (Å²) < 4.78 is 10.1. The summed E-state index contributed by atoms with van der Waals surface area (Å²) in [5.41, 5.74) is 0.917. The summed E-state index contributed by atoms with van der Waals surface area (Å²) in [4.78, 5) is 25.7. The minimum absolute atomic E-state index is 0.0340. The van der Waals surface area contributed by atoms with Gasteiger partial charge in [0.05, 0.1) is 13.2 Å². The molecule has 0 radical (unpaired) electrons. The Bertz CT molecular complexity index is 569. The smallest absolute Gasteiger partial charge is 0.411 e. The molecule has 1 amide bonds. The molecule has 2 aliphatic rings. The van der Waals surface area contributed by atoms with Gasteiger partial charge in [-0.3, -0.25) is 4.90 Å². The summed E-state index contributed by atoms with van der Waals surface area (Å²) in [7, 11) is 1.34. The highest BCUT2D eigenvalue weighted by Crippen LogP contribution is 2.38. The Morgan fingerprint density at radius 1 is 1.24 bits per heavy atom. The third kappa shape index (κ3) is 2.51. The van der Waals surface area contributed by atoms with Crippen molar-refractivity contribution in [3.05, 3.63) is 48.0 Å². The summed E-state index contributed by atoms with van der Waals surface area (Å²) in [5.74, 6) is -0.352. The molecular formula is C16H17NO4. The van der Waals surface area contributed by atoms with Crippen molar-refractivity contribution in [3.8, 4) is 0 Å². The highest BCUT2D eigenvalue weighted by atomic mass is 16.6. The van der Waals surface area contributed by atoms with Crippen LogP contribution < -0.4 is 0 Å². The molecule has 0 saturated carbocycles. The number of carbonyl (C=O) groups excluding carboxylic acids is 2. The normalized spacial score (nSPS) is 26.0. The van der Waals surface area contributed by atoms with E-state index in [1.807, 2.05) is 42.5 Å². The van der Waals surface area contributed by atoms with Crippen LogP contribution in [0.5, 0.6) is 0 Å². The number of methoxy groups -OCH3 is 1. The van der Waals surface area contributed by atoms with Crippen LogP contribution in [0.1, 0.15) is 12.0 Å². The first kappa shape index (κ1) is 13.7. The van der Waals surface area contributed by atoms with E-state index in [4.69, 9.17) is 9.47 Å². The fourth-order valence-electron chi connectivity index (χ4n) is 3.01. The molecule has 5 heteroatoms. The Morgan fingerprint density at radius 2 is 2.00 bits per heavy atom. The second kappa shape index (κ2) is 5.60. The Hall–Kier alpha value is -2.30. The van der Waals surface area contributed by atoms with E-state index in [1.54, 1.807) is 0 Å². The molecule has 0 spiro atoms. The van der Waals surface area contributed by atoms with Crippen LogP contribution in [0.25, 0.3) is 0 Å². The van der Waals surface area contributed by atoms with E-state index in [-0.39, 0.29) is 24.5 Å². The first-order valence-electron chi connectivity index (χ1n) is 6.96. The maximum absolute atomic E-state index is 12.3. The number of nitrogens with zero attached hydrogens (tertiary/aromatic N) is 1. The van der Waals surface area contributed by atoms with Gasteiger partial charge in [-0.2, -0.15) is 0 Å². The number of hydrogen-bond acceptors (Lipinski definition) is 4. The van der Waals surface area contributed by atoms with Crippen molar-refractivity contribution in [2.75, 3.05) is 7.11 Å². The zero-order chi connectivity index (χ0) is 14.8. The molecule has 21 heavy (non-hydrogen) atoms. The predicted molar refractivity (Wildman–Crippen MR) is 75.3 cm³/mol. The van der Waals surface area contributed by atoms with E-state index in [0.717, 1.165) is 12.0 Å². The van der Waals surface area contributed by atoms with Crippen molar-refractivity contribution < 1.29 is 19.1 Å². The number of esters is 1. The molecule has 1 aliphatic heterocycles. The lowest BCUT2D eigenvalue weighted by atomic mass is 10.0.